The first-order chi connectivity index (χ1) is 9.16. The van der Waals surface area contributed by atoms with Crippen LogP contribution in [0, 0.1) is 4.77 Å². The van der Waals surface area contributed by atoms with Gasteiger partial charge in [0, 0.05) is 10.7 Å². The lowest BCUT2D eigenvalue weighted by molar-refractivity contribution is 0.644. The summed E-state index contributed by atoms with van der Waals surface area (Å²) in [6.45, 7) is 2.12. The number of benzene rings is 1. The van der Waals surface area contributed by atoms with Gasteiger partial charge in [-0.2, -0.15) is 0 Å². The minimum absolute atomic E-state index is 0.133. The van der Waals surface area contributed by atoms with E-state index in [1.165, 1.54) is 5.56 Å². The second-order valence-corrected chi connectivity index (χ2v) is 5.71. The van der Waals surface area contributed by atoms with E-state index in [1.54, 1.807) is 6.20 Å². The topological polar surface area (TPSA) is 33.6 Å². The molecule has 0 aliphatic carbocycles. The van der Waals surface area contributed by atoms with Gasteiger partial charge in [-0.1, -0.05) is 28.1 Å². The minimum Gasteiger partial charge on any atom is -0.329 e. The normalized spacial score (nSPS) is 12.7. The Morgan fingerprint density at radius 3 is 2.95 bits per heavy atom. The van der Waals surface area contributed by atoms with Crippen LogP contribution in [0.4, 0.5) is 0 Å². The number of H-pyrrole nitrogens is 1. The van der Waals surface area contributed by atoms with E-state index in [0.29, 0.717) is 4.77 Å². The first-order valence-electron chi connectivity index (χ1n) is 5.97. The zero-order chi connectivity index (χ0) is 13.4. The van der Waals surface area contributed by atoms with Gasteiger partial charge in [0.2, 0.25) is 0 Å². The minimum atomic E-state index is 0.133. The number of halogens is 1. The molecule has 1 unspecified atom stereocenters. The van der Waals surface area contributed by atoms with Crippen molar-refractivity contribution in [1.82, 2.24) is 14.5 Å². The molecule has 0 saturated carbocycles. The molecule has 0 radical (unpaired) electrons. The third kappa shape index (κ3) is 2.24. The van der Waals surface area contributed by atoms with Crippen LogP contribution < -0.4 is 0 Å². The fraction of sp³-hybridized carbons (Fsp3) is 0.143. The Hall–Kier alpha value is -1.46. The Labute approximate surface area is 124 Å². The molecular formula is C14H12BrN3S. The molecule has 96 valence electrons. The summed E-state index contributed by atoms with van der Waals surface area (Å²) < 4.78 is 3.81. The molecule has 0 aliphatic rings. The van der Waals surface area contributed by atoms with E-state index in [-0.39, 0.29) is 6.04 Å². The van der Waals surface area contributed by atoms with Crippen LogP contribution in [0.1, 0.15) is 18.5 Å². The van der Waals surface area contributed by atoms with Crippen molar-refractivity contribution in [1.29, 1.82) is 0 Å². The molecule has 0 amide bonds. The van der Waals surface area contributed by atoms with E-state index in [4.69, 9.17) is 12.2 Å². The Balaban J connectivity index is 2.19. The van der Waals surface area contributed by atoms with Crippen LogP contribution in [0.15, 0.2) is 47.1 Å². The van der Waals surface area contributed by atoms with Crippen molar-refractivity contribution in [3.63, 3.8) is 0 Å². The molecule has 0 fully saturated rings. The first kappa shape index (κ1) is 12.6. The van der Waals surface area contributed by atoms with Crippen molar-refractivity contribution in [3.05, 3.63) is 57.4 Å². The highest BCUT2D eigenvalue weighted by Crippen LogP contribution is 2.25. The number of aromatic nitrogens is 3. The second-order valence-electron chi connectivity index (χ2n) is 4.41. The van der Waals surface area contributed by atoms with Gasteiger partial charge in [-0.25, -0.2) is 4.98 Å². The number of pyridine rings is 1. The van der Waals surface area contributed by atoms with E-state index < -0.39 is 0 Å². The van der Waals surface area contributed by atoms with Crippen LogP contribution in [-0.2, 0) is 0 Å². The predicted molar refractivity (Wildman–Crippen MR) is 82.9 cm³/mol. The van der Waals surface area contributed by atoms with Crippen molar-refractivity contribution in [2.75, 3.05) is 0 Å². The molecule has 0 aliphatic heterocycles. The van der Waals surface area contributed by atoms with Crippen molar-refractivity contribution in [3.8, 4) is 0 Å². The Bertz CT molecular complexity index is 790. The zero-order valence-corrected chi connectivity index (χ0v) is 12.7. The molecular weight excluding hydrogens is 322 g/mol. The molecule has 1 N–H and O–H groups in total. The SMILES string of the molecule is CC(c1cccc(Br)c1)n1c(=S)[nH]c2cccnc21. The molecule has 1 atom stereocenters. The number of nitrogens with zero attached hydrogens (tertiary/aromatic N) is 2. The number of hydrogen-bond donors (Lipinski definition) is 1. The lowest BCUT2D eigenvalue weighted by atomic mass is 10.1. The fourth-order valence-corrected chi connectivity index (χ4v) is 3.00. The van der Waals surface area contributed by atoms with Crippen molar-refractivity contribution in [2.24, 2.45) is 0 Å². The van der Waals surface area contributed by atoms with E-state index in [0.717, 1.165) is 15.6 Å². The lowest BCUT2D eigenvalue weighted by Crippen LogP contribution is -2.07. The maximum atomic E-state index is 5.42. The van der Waals surface area contributed by atoms with Gasteiger partial charge in [0.1, 0.15) is 0 Å². The third-order valence-corrected chi connectivity index (χ3v) is 3.99. The third-order valence-electron chi connectivity index (χ3n) is 3.19. The first-order valence-corrected chi connectivity index (χ1v) is 7.17. The van der Waals surface area contributed by atoms with Gasteiger partial charge in [-0.3, -0.25) is 4.57 Å². The summed E-state index contributed by atoms with van der Waals surface area (Å²) in [4.78, 5) is 7.62. The molecule has 3 rings (SSSR count). The molecule has 0 spiro atoms. The molecule has 5 heteroatoms. The highest BCUT2D eigenvalue weighted by molar-refractivity contribution is 9.10. The largest absolute Gasteiger partial charge is 0.329 e. The molecule has 3 aromatic rings. The molecule has 2 aromatic heterocycles. The summed E-state index contributed by atoms with van der Waals surface area (Å²) in [5.74, 6) is 0. The summed E-state index contributed by atoms with van der Waals surface area (Å²) in [5.41, 5.74) is 3.05. The smallest absolute Gasteiger partial charge is 0.179 e. The van der Waals surface area contributed by atoms with Crippen molar-refractivity contribution < 1.29 is 0 Å². The summed E-state index contributed by atoms with van der Waals surface area (Å²) in [6, 6.07) is 12.3. The van der Waals surface area contributed by atoms with E-state index >= 15 is 0 Å². The lowest BCUT2D eigenvalue weighted by Gasteiger charge is -2.14. The summed E-state index contributed by atoms with van der Waals surface area (Å²) >= 11 is 8.92. The number of rotatable bonds is 2. The molecule has 19 heavy (non-hydrogen) atoms. The molecule has 2 heterocycles. The average Bonchev–Trinajstić information content (AvgIpc) is 2.74. The van der Waals surface area contributed by atoms with Crippen LogP contribution in [0.2, 0.25) is 0 Å². The van der Waals surface area contributed by atoms with E-state index in [1.807, 2.05) is 28.8 Å². The molecule has 0 saturated heterocycles. The van der Waals surface area contributed by atoms with Gasteiger partial charge in [0.15, 0.2) is 10.4 Å². The number of hydrogen-bond acceptors (Lipinski definition) is 2. The number of fused-ring (bicyclic) bond motifs is 1. The Kier molecular flexibility index (Phi) is 3.24. The highest BCUT2D eigenvalue weighted by atomic mass is 79.9. The van der Waals surface area contributed by atoms with Crippen LogP contribution in [0.3, 0.4) is 0 Å². The van der Waals surface area contributed by atoms with E-state index in [9.17, 15) is 0 Å². The Morgan fingerprint density at radius 1 is 1.32 bits per heavy atom. The van der Waals surface area contributed by atoms with Gasteiger partial charge in [-0.05, 0) is 49.0 Å². The zero-order valence-electron chi connectivity index (χ0n) is 10.3. The Morgan fingerprint density at radius 2 is 2.16 bits per heavy atom. The molecule has 1 aromatic carbocycles. The average molecular weight is 334 g/mol. The van der Waals surface area contributed by atoms with Gasteiger partial charge >= 0.3 is 0 Å². The number of imidazole rings is 1. The monoisotopic (exact) mass is 333 g/mol. The van der Waals surface area contributed by atoms with Crippen LogP contribution in [0.5, 0.6) is 0 Å². The predicted octanol–water partition coefficient (Wildman–Crippen LogP) is 4.47. The second kappa shape index (κ2) is 4.90. The van der Waals surface area contributed by atoms with Crippen LogP contribution >= 0.6 is 28.1 Å². The van der Waals surface area contributed by atoms with Gasteiger partial charge in [-0.15, -0.1) is 0 Å². The summed E-state index contributed by atoms with van der Waals surface area (Å²) in [5, 5.41) is 0. The highest BCUT2D eigenvalue weighted by Gasteiger charge is 2.13. The quantitative estimate of drug-likeness (QED) is 0.702. The van der Waals surface area contributed by atoms with Gasteiger partial charge in [0.25, 0.3) is 0 Å². The standard InChI is InChI=1S/C14H12BrN3S/c1-9(10-4-2-5-11(15)8-10)18-13-12(17-14(18)19)6-3-7-16-13/h2-9H,1H3,(H,17,19). The van der Waals surface area contributed by atoms with E-state index in [2.05, 4.69) is 45.0 Å². The number of aromatic amines is 1. The fourth-order valence-electron chi connectivity index (χ4n) is 2.23. The van der Waals surface area contributed by atoms with Gasteiger partial charge in [0.05, 0.1) is 11.6 Å². The summed E-state index contributed by atoms with van der Waals surface area (Å²) in [7, 11) is 0. The molecule has 3 nitrogen and oxygen atoms in total. The number of nitrogens with one attached hydrogen (secondary N) is 1. The maximum Gasteiger partial charge on any atom is 0.179 e. The molecule has 0 bridgehead atoms. The van der Waals surface area contributed by atoms with Gasteiger partial charge < -0.3 is 4.98 Å². The van der Waals surface area contributed by atoms with Crippen molar-refractivity contribution >= 4 is 39.3 Å². The summed E-state index contributed by atoms with van der Waals surface area (Å²) in [6.07, 6.45) is 1.79. The maximum absolute atomic E-state index is 5.42. The van der Waals surface area contributed by atoms with Crippen LogP contribution in [0.25, 0.3) is 11.2 Å². The van der Waals surface area contributed by atoms with Crippen LogP contribution in [-0.4, -0.2) is 14.5 Å². The van der Waals surface area contributed by atoms with Crippen molar-refractivity contribution in [2.45, 2.75) is 13.0 Å².